The number of hydrogen-bond donors (Lipinski definition) is 0. The molecule has 0 bridgehead atoms. The molecular weight excluding hydrogens is 195 g/mol. The van der Waals surface area contributed by atoms with E-state index in [4.69, 9.17) is 0 Å². The number of ether oxygens (including phenoxy) is 1. The molecule has 0 aromatic rings. The van der Waals surface area contributed by atoms with Gasteiger partial charge in [-0.3, -0.25) is 0 Å². The van der Waals surface area contributed by atoms with E-state index in [0.29, 0.717) is 13.2 Å². The molecule has 0 N–H and O–H groups in total. The molecule has 0 rings (SSSR count). The van der Waals surface area contributed by atoms with Crippen molar-refractivity contribution in [3.05, 3.63) is 12.8 Å². The van der Waals surface area contributed by atoms with Crippen LogP contribution in [-0.2, 0) is 4.74 Å². The summed E-state index contributed by atoms with van der Waals surface area (Å²) in [4.78, 5) is 0. The third kappa shape index (κ3) is 2.86. The van der Waals surface area contributed by atoms with E-state index < -0.39 is 24.6 Å². The Kier molecular flexibility index (Phi) is 4.16. The fourth-order valence-corrected chi connectivity index (χ4v) is 0.733. The summed E-state index contributed by atoms with van der Waals surface area (Å²) >= 11 is 0. The van der Waals surface area contributed by atoms with Crippen LogP contribution in [0.4, 0.5) is 22.0 Å². The summed E-state index contributed by atoms with van der Waals surface area (Å²) < 4.78 is 64.8. The minimum absolute atomic E-state index is 0.511. The molecule has 1 nitrogen and oxygen atoms in total. The van der Waals surface area contributed by atoms with Gasteiger partial charge in [-0.05, 0) is 6.92 Å². The van der Waals surface area contributed by atoms with Gasteiger partial charge in [0.05, 0.1) is 6.26 Å². The molecule has 0 aromatic heterocycles. The van der Waals surface area contributed by atoms with Crippen LogP contribution in [0.25, 0.3) is 0 Å². The van der Waals surface area contributed by atoms with Gasteiger partial charge in [0.1, 0.15) is 6.17 Å². The fourth-order valence-electron chi connectivity index (χ4n) is 0.733. The van der Waals surface area contributed by atoms with E-state index in [9.17, 15) is 22.0 Å². The van der Waals surface area contributed by atoms with Crippen LogP contribution in [0.15, 0.2) is 12.8 Å². The van der Waals surface area contributed by atoms with Crippen molar-refractivity contribution in [2.24, 2.45) is 0 Å². The molecule has 0 spiro atoms. The molecule has 78 valence electrons. The smallest absolute Gasteiger partial charge is 0.346 e. The van der Waals surface area contributed by atoms with Crippen LogP contribution in [0.2, 0.25) is 0 Å². The van der Waals surface area contributed by atoms with Gasteiger partial charge in [0.2, 0.25) is 0 Å². The van der Waals surface area contributed by atoms with E-state index >= 15 is 0 Å². The SMILES string of the molecule is C=COC(C(C)F)C(F)(F)C(F)F. The highest BCUT2D eigenvalue weighted by atomic mass is 19.3. The number of hydrogen-bond acceptors (Lipinski definition) is 1. The monoisotopic (exact) mass is 204 g/mol. The normalized spacial score (nSPS) is 16.8. The second-order valence-electron chi connectivity index (χ2n) is 2.38. The molecule has 0 aliphatic heterocycles. The second-order valence-corrected chi connectivity index (χ2v) is 2.38. The van der Waals surface area contributed by atoms with Crippen molar-refractivity contribution in [2.75, 3.05) is 0 Å². The summed E-state index contributed by atoms with van der Waals surface area (Å²) in [6.07, 6.45) is -8.15. The highest BCUT2D eigenvalue weighted by Gasteiger charge is 2.52. The summed E-state index contributed by atoms with van der Waals surface area (Å²) in [6.45, 7) is 3.60. The Morgan fingerprint density at radius 2 is 1.77 bits per heavy atom. The lowest BCUT2D eigenvalue weighted by molar-refractivity contribution is -0.207. The van der Waals surface area contributed by atoms with Gasteiger partial charge in [-0.25, -0.2) is 13.2 Å². The van der Waals surface area contributed by atoms with Gasteiger partial charge in [-0.2, -0.15) is 8.78 Å². The minimum Gasteiger partial charge on any atom is -0.489 e. The first-order valence-electron chi connectivity index (χ1n) is 3.40. The third-order valence-electron chi connectivity index (χ3n) is 1.33. The zero-order chi connectivity index (χ0) is 10.6. The molecule has 0 saturated heterocycles. The summed E-state index contributed by atoms with van der Waals surface area (Å²) in [5.74, 6) is -4.51. The third-order valence-corrected chi connectivity index (χ3v) is 1.33. The summed E-state index contributed by atoms with van der Waals surface area (Å²) in [6, 6.07) is 0. The molecule has 13 heavy (non-hydrogen) atoms. The zero-order valence-electron chi connectivity index (χ0n) is 6.81. The predicted octanol–water partition coefficient (Wildman–Crippen LogP) is 2.77. The van der Waals surface area contributed by atoms with E-state index in [1.807, 2.05) is 0 Å². The lowest BCUT2D eigenvalue weighted by Gasteiger charge is -2.26. The summed E-state index contributed by atoms with van der Waals surface area (Å²) in [5.41, 5.74) is 0. The molecule has 6 heteroatoms. The Morgan fingerprint density at radius 3 is 2.00 bits per heavy atom. The maximum atomic E-state index is 12.5. The molecule has 0 aliphatic carbocycles. The van der Waals surface area contributed by atoms with E-state index in [1.165, 1.54) is 0 Å². The van der Waals surface area contributed by atoms with Crippen LogP contribution in [0.1, 0.15) is 6.92 Å². The van der Waals surface area contributed by atoms with Crippen molar-refractivity contribution in [1.29, 1.82) is 0 Å². The highest BCUT2D eigenvalue weighted by Crippen LogP contribution is 2.31. The van der Waals surface area contributed by atoms with Crippen molar-refractivity contribution in [3.63, 3.8) is 0 Å². The van der Waals surface area contributed by atoms with Gasteiger partial charge in [0.25, 0.3) is 0 Å². The fraction of sp³-hybridized carbons (Fsp3) is 0.714. The molecular formula is C7H9F5O. The standard InChI is InChI=1S/C7H9F5O/c1-3-13-5(4(2)8)7(11,12)6(9)10/h3-6H,1H2,2H3. The number of alkyl halides is 5. The molecule has 0 aliphatic rings. The first kappa shape index (κ1) is 12.2. The average Bonchev–Trinajstić information content (AvgIpc) is 1.98. The molecule has 0 heterocycles. The van der Waals surface area contributed by atoms with Crippen molar-refractivity contribution in [2.45, 2.75) is 31.5 Å². The maximum absolute atomic E-state index is 12.5. The van der Waals surface area contributed by atoms with Crippen LogP contribution in [-0.4, -0.2) is 24.6 Å². The van der Waals surface area contributed by atoms with E-state index in [1.54, 1.807) is 0 Å². The molecule has 2 atom stereocenters. The van der Waals surface area contributed by atoms with Crippen LogP contribution in [0.3, 0.4) is 0 Å². The van der Waals surface area contributed by atoms with Crippen LogP contribution in [0.5, 0.6) is 0 Å². The maximum Gasteiger partial charge on any atom is 0.346 e. The predicted molar refractivity (Wildman–Crippen MR) is 36.6 cm³/mol. The van der Waals surface area contributed by atoms with Crippen LogP contribution in [0, 0.1) is 0 Å². The molecule has 0 radical (unpaired) electrons. The Bertz CT molecular complexity index is 168. The highest BCUT2D eigenvalue weighted by molar-refractivity contribution is 4.86. The van der Waals surface area contributed by atoms with E-state index in [2.05, 4.69) is 11.3 Å². The Hall–Kier alpha value is -0.810. The largest absolute Gasteiger partial charge is 0.489 e. The Labute approximate surface area is 72.2 Å². The Morgan fingerprint density at radius 1 is 1.31 bits per heavy atom. The second kappa shape index (κ2) is 4.43. The van der Waals surface area contributed by atoms with Crippen molar-refractivity contribution in [3.8, 4) is 0 Å². The molecule has 2 unspecified atom stereocenters. The molecule has 0 fully saturated rings. The summed E-state index contributed by atoms with van der Waals surface area (Å²) in [5, 5.41) is 0. The van der Waals surface area contributed by atoms with Gasteiger partial charge < -0.3 is 4.74 Å². The van der Waals surface area contributed by atoms with Crippen molar-refractivity contribution < 1.29 is 26.7 Å². The molecule has 0 saturated carbocycles. The lowest BCUT2D eigenvalue weighted by Crippen LogP contribution is -2.46. The van der Waals surface area contributed by atoms with Gasteiger partial charge in [0, 0.05) is 0 Å². The topological polar surface area (TPSA) is 9.23 Å². The van der Waals surface area contributed by atoms with Gasteiger partial charge in [0.15, 0.2) is 6.10 Å². The lowest BCUT2D eigenvalue weighted by atomic mass is 10.1. The van der Waals surface area contributed by atoms with E-state index in [-0.39, 0.29) is 0 Å². The first-order valence-corrected chi connectivity index (χ1v) is 3.40. The Balaban J connectivity index is 4.60. The van der Waals surface area contributed by atoms with Crippen LogP contribution >= 0.6 is 0 Å². The molecule has 0 aromatic carbocycles. The van der Waals surface area contributed by atoms with E-state index in [0.717, 1.165) is 0 Å². The van der Waals surface area contributed by atoms with Crippen LogP contribution < -0.4 is 0 Å². The van der Waals surface area contributed by atoms with Gasteiger partial charge >= 0.3 is 12.3 Å². The number of halogens is 5. The van der Waals surface area contributed by atoms with Crippen molar-refractivity contribution >= 4 is 0 Å². The van der Waals surface area contributed by atoms with Gasteiger partial charge in [-0.1, -0.05) is 6.58 Å². The summed E-state index contributed by atoms with van der Waals surface area (Å²) in [7, 11) is 0. The average molecular weight is 204 g/mol. The quantitative estimate of drug-likeness (QED) is 0.494. The van der Waals surface area contributed by atoms with Gasteiger partial charge in [-0.15, -0.1) is 0 Å². The molecule has 0 amide bonds. The minimum atomic E-state index is -4.51. The number of rotatable bonds is 5. The first-order chi connectivity index (χ1) is 5.84. The zero-order valence-corrected chi connectivity index (χ0v) is 6.81. The van der Waals surface area contributed by atoms with Crippen molar-refractivity contribution in [1.82, 2.24) is 0 Å².